The van der Waals surface area contributed by atoms with E-state index in [1.165, 1.54) is 5.69 Å². The molecule has 3 aromatic rings. The smallest absolute Gasteiger partial charge is 0.227 e. The van der Waals surface area contributed by atoms with Gasteiger partial charge in [0.15, 0.2) is 0 Å². The van der Waals surface area contributed by atoms with Crippen LogP contribution < -0.4 is 19.9 Å². The van der Waals surface area contributed by atoms with Crippen molar-refractivity contribution >= 4 is 23.1 Å². The molecule has 2 aromatic carbocycles. The third-order valence-corrected chi connectivity index (χ3v) is 4.93. The van der Waals surface area contributed by atoms with E-state index in [9.17, 15) is 0 Å². The molecule has 0 unspecified atom stereocenters. The summed E-state index contributed by atoms with van der Waals surface area (Å²) in [5.41, 5.74) is 2.72. The van der Waals surface area contributed by atoms with E-state index >= 15 is 0 Å². The summed E-state index contributed by atoms with van der Waals surface area (Å²) in [4.78, 5) is 13.7. The van der Waals surface area contributed by atoms with Crippen LogP contribution in [0.3, 0.4) is 0 Å². The molecule has 0 spiro atoms. The van der Waals surface area contributed by atoms with Crippen molar-refractivity contribution in [2.45, 2.75) is 0 Å². The predicted molar refractivity (Wildman–Crippen MR) is 114 cm³/mol. The lowest BCUT2D eigenvalue weighted by Crippen LogP contribution is -2.47. The molecule has 7 nitrogen and oxygen atoms in total. The summed E-state index contributed by atoms with van der Waals surface area (Å²) in [7, 11) is 1.68. The van der Waals surface area contributed by atoms with Crippen molar-refractivity contribution in [1.82, 2.24) is 9.97 Å². The number of nitrogens with one attached hydrogen (secondary N) is 1. The minimum Gasteiger partial charge on any atom is -0.497 e. The molecule has 1 saturated heterocycles. The van der Waals surface area contributed by atoms with Gasteiger partial charge in [0.05, 0.1) is 18.7 Å². The first-order valence-corrected chi connectivity index (χ1v) is 9.49. The predicted octanol–water partition coefficient (Wildman–Crippen LogP) is 3.43. The fourth-order valence-corrected chi connectivity index (χ4v) is 3.30. The molecule has 1 aliphatic heterocycles. The maximum Gasteiger partial charge on any atom is 0.227 e. The third-order valence-electron chi connectivity index (χ3n) is 4.93. The molecule has 1 aliphatic rings. The second kappa shape index (κ2) is 8.48. The van der Waals surface area contributed by atoms with Gasteiger partial charge in [0.25, 0.3) is 0 Å². The van der Waals surface area contributed by atoms with Crippen molar-refractivity contribution < 1.29 is 4.74 Å². The summed E-state index contributed by atoms with van der Waals surface area (Å²) < 4.78 is 5.23. The molecule has 146 valence electrons. The number of benzene rings is 2. The van der Waals surface area contributed by atoms with Gasteiger partial charge in [0.1, 0.15) is 11.6 Å². The lowest BCUT2D eigenvalue weighted by atomic mass is 10.2. The van der Waals surface area contributed by atoms with Gasteiger partial charge in [0.2, 0.25) is 5.95 Å². The number of nitrogens with zero attached hydrogens (tertiary/aromatic N) is 5. The second-order valence-corrected chi connectivity index (χ2v) is 6.73. The number of hydrogen-bond acceptors (Lipinski definition) is 7. The summed E-state index contributed by atoms with van der Waals surface area (Å²) in [5, 5.41) is 12.2. The van der Waals surface area contributed by atoms with Crippen LogP contribution in [0.4, 0.5) is 23.1 Å². The molecule has 1 N–H and O–H groups in total. The van der Waals surface area contributed by atoms with E-state index in [2.05, 4.69) is 43.3 Å². The Bertz CT molecular complexity index is 989. The maximum absolute atomic E-state index is 8.91. The van der Waals surface area contributed by atoms with Crippen LogP contribution in [0.15, 0.2) is 60.8 Å². The Hall–Kier alpha value is -3.79. The SMILES string of the molecule is COc1ccc(N2CCN(c3nccc(Nc4ccc(C#N)cc4)n3)CC2)cc1. The van der Waals surface area contributed by atoms with Gasteiger partial charge >= 0.3 is 0 Å². The van der Waals surface area contributed by atoms with Crippen molar-refractivity contribution in [3.8, 4) is 11.8 Å². The summed E-state index contributed by atoms with van der Waals surface area (Å²) in [6.07, 6.45) is 1.77. The Labute approximate surface area is 170 Å². The zero-order valence-corrected chi connectivity index (χ0v) is 16.2. The van der Waals surface area contributed by atoms with Crippen LogP contribution in [-0.4, -0.2) is 43.3 Å². The Morgan fingerprint density at radius 2 is 1.62 bits per heavy atom. The molecule has 1 aromatic heterocycles. The van der Waals surface area contributed by atoms with Crippen LogP contribution in [-0.2, 0) is 0 Å². The molecule has 1 fully saturated rings. The zero-order chi connectivity index (χ0) is 20.1. The van der Waals surface area contributed by atoms with Crippen LogP contribution in [0.2, 0.25) is 0 Å². The van der Waals surface area contributed by atoms with E-state index in [4.69, 9.17) is 10.00 Å². The van der Waals surface area contributed by atoms with Crippen molar-refractivity contribution in [1.29, 1.82) is 5.26 Å². The van der Waals surface area contributed by atoms with Gasteiger partial charge in [-0.05, 0) is 54.6 Å². The van der Waals surface area contributed by atoms with Crippen molar-refractivity contribution in [2.75, 3.05) is 48.4 Å². The minimum absolute atomic E-state index is 0.633. The number of ether oxygens (including phenoxy) is 1. The molecule has 0 saturated carbocycles. The molecule has 0 aliphatic carbocycles. The third kappa shape index (κ3) is 4.38. The van der Waals surface area contributed by atoms with Gasteiger partial charge in [-0.2, -0.15) is 10.2 Å². The van der Waals surface area contributed by atoms with E-state index in [0.717, 1.165) is 49.4 Å². The molecule has 0 atom stereocenters. The number of aromatic nitrogens is 2. The Kier molecular flexibility index (Phi) is 5.43. The highest BCUT2D eigenvalue weighted by molar-refractivity contribution is 5.58. The van der Waals surface area contributed by atoms with E-state index in [1.54, 1.807) is 25.4 Å². The Morgan fingerprint density at radius 1 is 0.931 bits per heavy atom. The summed E-state index contributed by atoms with van der Waals surface area (Å²) in [5.74, 6) is 2.32. The van der Waals surface area contributed by atoms with Crippen LogP contribution in [0.25, 0.3) is 0 Å². The van der Waals surface area contributed by atoms with Gasteiger partial charge < -0.3 is 19.9 Å². The first-order chi connectivity index (χ1) is 14.2. The summed E-state index contributed by atoms with van der Waals surface area (Å²) >= 11 is 0. The number of nitriles is 1. The molecule has 7 heteroatoms. The molecule has 0 bridgehead atoms. The number of methoxy groups -OCH3 is 1. The number of piperazine rings is 1. The molecule has 4 rings (SSSR count). The largest absolute Gasteiger partial charge is 0.497 e. The van der Waals surface area contributed by atoms with E-state index < -0.39 is 0 Å². The molecule has 2 heterocycles. The van der Waals surface area contributed by atoms with Crippen LogP contribution >= 0.6 is 0 Å². The molecular formula is C22H22N6O. The van der Waals surface area contributed by atoms with E-state index in [0.29, 0.717) is 5.56 Å². The van der Waals surface area contributed by atoms with Gasteiger partial charge in [-0.15, -0.1) is 0 Å². The number of anilines is 4. The average molecular weight is 386 g/mol. The first kappa shape index (κ1) is 18.6. The van der Waals surface area contributed by atoms with Gasteiger partial charge in [0, 0.05) is 43.8 Å². The Balaban J connectivity index is 1.39. The summed E-state index contributed by atoms with van der Waals surface area (Å²) in [6.45, 7) is 3.52. The summed E-state index contributed by atoms with van der Waals surface area (Å²) in [6, 6.07) is 19.4. The van der Waals surface area contributed by atoms with Gasteiger partial charge in [-0.25, -0.2) is 4.98 Å². The molecule has 29 heavy (non-hydrogen) atoms. The van der Waals surface area contributed by atoms with Crippen molar-refractivity contribution in [3.05, 3.63) is 66.4 Å². The highest BCUT2D eigenvalue weighted by atomic mass is 16.5. The topological polar surface area (TPSA) is 77.3 Å². The van der Waals surface area contributed by atoms with Crippen molar-refractivity contribution in [2.24, 2.45) is 0 Å². The molecule has 0 amide bonds. The van der Waals surface area contributed by atoms with Gasteiger partial charge in [-0.1, -0.05) is 0 Å². The van der Waals surface area contributed by atoms with Crippen LogP contribution in [0.5, 0.6) is 5.75 Å². The highest BCUT2D eigenvalue weighted by Gasteiger charge is 2.19. The molecular weight excluding hydrogens is 364 g/mol. The number of hydrogen-bond donors (Lipinski definition) is 1. The van der Waals surface area contributed by atoms with E-state index in [-0.39, 0.29) is 0 Å². The fraction of sp³-hybridized carbons (Fsp3) is 0.227. The normalized spacial score (nSPS) is 13.7. The highest BCUT2D eigenvalue weighted by Crippen LogP contribution is 2.22. The zero-order valence-electron chi connectivity index (χ0n) is 16.2. The van der Waals surface area contributed by atoms with Crippen molar-refractivity contribution in [3.63, 3.8) is 0 Å². The Morgan fingerprint density at radius 3 is 2.28 bits per heavy atom. The van der Waals surface area contributed by atoms with E-state index in [1.807, 2.05) is 30.3 Å². The lowest BCUT2D eigenvalue weighted by molar-refractivity contribution is 0.415. The number of rotatable bonds is 5. The van der Waals surface area contributed by atoms with Crippen LogP contribution in [0, 0.1) is 11.3 Å². The fourth-order valence-electron chi connectivity index (χ4n) is 3.30. The monoisotopic (exact) mass is 386 g/mol. The van der Waals surface area contributed by atoms with Gasteiger partial charge in [-0.3, -0.25) is 0 Å². The molecule has 0 radical (unpaired) electrons. The lowest BCUT2D eigenvalue weighted by Gasteiger charge is -2.36. The maximum atomic E-state index is 8.91. The average Bonchev–Trinajstić information content (AvgIpc) is 2.80. The minimum atomic E-state index is 0.633. The second-order valence-electron chi connectivity index (χ2n) is 6.73. The first-order valence-electron chi connectivity index (χ1n) is 9.49. The standard InChI is InChI=1S/C22H22N6O/c1-29-20-8-6-19(7-9-20)27-12-14-28(15-13-27)22-24-11-10-21(26-22)25-18-4-2-17(16-23)3-5-18/h2-11H,12-15H2,1H3,(H,24,25,26). The van der Waals surface area contributed by atoms with Crippen LogP contribution in [0.1, 0.15) is 5.56 Å². The quantitative estimate of drug-likeness (QED) is 0.720.